The second kappa shape index (κ2) is 3.01. The summed E-state index contributed by atoms with van der Waals surface area (Å²) in [7, 11) is 0. The average Bonchev–Trinajstić information content (AvgIpc) is 2.51. The van der Waals surface area contributed by atoms with Gasteiger partial charge in [0.15, 0.2) is 0 Å². The van der Waals surface area contributed by atoms with Crippen LogP contribution < -0.4 is 0 Å². The molecule has 0 unspecified atom stereocenters. The molecule has 0 aliphatic rings. The van der Waals surface area contributed by atoms with E-state index in [0.717, 1.165) is 11.4 Å². The third kappa shape index (κ3) is 1.45. The van der Waals surface area contributed by atoms with Crippen LogP contribution in [0.15, 0.2) is 30.5 Å². The molecule has 0 aliphatic carbocycles. The fourth-order valence-corrected chi connectivity index (χ4v) is 1.20. The highest BCUT2D eigenvalue weighted by Crippen LogP contribution is 2.10. The molecule has 0 aliphatic heterocycles. The van der Waals surface area contributed by atoms with Gasteiger partial charge >= 0.3 is 0 Å². The molecule has 0 saturated heterocycles. The molecule has 0 amide bonds. The Kier molecular flexibility index (Phi) is 1.85. The van der Waals surface area contributed by atoms with Gasteiger partial charge in [-0.05, 0) is 25.1 Å². The maximum atomic E-state index is 12.8. The molecule has 1 aromatic carbocycles. The summed E-state index contributed by atoms with van der Waals surface area (Å²) < 4.78 is 14.5. The first kappa shape index (κ1) is 7.98. The highest BCUT2D eigenvalue weighted by atomic mass is 19.1. The molecule has 0 atom stereocenters. The second-order valence-electron chi connectivity index (χ2n) is 2.77. The molecule has 0 saturated carbocycles. The summed E-state index contributed by atoms with van der Waals surface area (Å²) in [6.07, 6.45) is 1.57. The smallest absolute Gasteiger partial charge is 0.125 e. The lowest BCUT2D eigenvalue weighted by Gasteiger charge is -2.02. The van der Waals surface area contributed by atoms with E-state index in [-0.39, 0.29) is 5.82 Å². The van der Waals surface area contributed by atoms with E-state index in [0.29, 0.717) is 0 Å². The number of nitrogens with zero attached hydrogens (tertiary/aromatic N) is 2. The van der Waals surface area contributed by atoms with E-state index in [1.165, 1.54) is 12.1 Å². The maximum Gasteiger partial charge on any atom is 0.125 e. The minimum Gasteiger partial charge on any atom is -0.237 e. The topological polar surface area (TPSA) is 17.8 Å². The zero-order chi connectivity index (χ0) is 9.26. The Bertz CT molecular complexity index is 420. The molecular formula is C10H8FN2. The molecule has 1 radical (unpaired) electrons. The number of hydrogen-bond acceptors (Lipinski definition) is 1. The molecule has 65 valence electrons. The third-order valence-corrected chi connectivity index (χ3v) is 1.82. The highest BCUT2D eigenvalue weighted by molar-refractivity contribution is 5.32. The van der Waals surface area contributed by atoms with E-state index in [1.54, 1.807) is 23.0 Å². The van der Waals surface area contributed by atoms with Crippen molar-refractivity contribution < 1.29 is 4.39 Å². The van der Waals surface area contributed by atoms with Gasteiger partial charge in [-0.1, -0.05) is 6.07 Å². The summed E-state index contributed by atoms with van der Waals surface area (Å²) in [5.74, 6) is -0.257. The minimum atomic E-state index is -0.257. The predicted octanol–water partition coefficient (Wildman–Crippen LogP) is 2.12. The number of hydrogen-bond donors (Lipinski definition) is 0. The lowest BCUT2D eigenvalue weighted by molar-refractivity contribution is 0.625. The van der Waals surface area contributed by atoms with Crippen molar-refractivity contribution in [1.82, 2.24) is 9.78 Å². The van der Waals surface area contributed by atoms with E-state index in [4.69, 9.17) is 0 Å². The maximum absolute atomic E-state index is 12.8. The van der Waals surface area contributed by atoms with E-state index in [9.17, 15) is 4.39 Å². The van der Waals surface area contributed by atoms with E-state index < -0.39 is 0 Å². The second-order valence-corrected chi connectivity index (χ2v) is 2.77. The molecule has 13 heavy (non-hydrogen) atoms. The first-order chi connectivity index (χ1) is 6.27. The lowest BCUT2D eigenvalue weighted by atomic mass is 10.3. The quantitative estimate of drug-likeness (QED) is 0.649. The molecule has 1 aromatic heterocycles. The van der Waals surface area contributed by atoms with Gasteiger partial charge in [-0.3, -0.25) is 0 Å². The van der Waals surface area contributed by atoms with Crippen molar-refractivity contribution >= 4 is 0 Å². The molecule has 3 heteroatoms. The number of halogens is 1. The minimum absolute atomic E-state index is 0.257. The van der Waals surface area contributed by atoms with Crippen molar-refractivity contribution in [3.8, 4) is 5.69 Å². The van der Waals surface area contributed by atoms with Crippen LogP contribution in [0.1, 0.15) is 5.69 Å². The average molecular weight is 175 g/mol. The zero-order valence-electron chi connectivity index (χ0n) is 7.16. The van der Waals surface area contributed by atoms with Crippen LogP contribution in [-0.4, -0.2) is 9.78 Å². The summed E-state index contributed by atoms with van der Waals surface area (Å²) in [6, 6.07) is 9.22. The van der Waals surface area contributed by atoms with E-state index in [2.05, 4.69) is 11.2 Å². The van der Waals surface area contributed by atoms with Gasteiger partial charge in [0.25, 0.3) is 0 Å². The van der Waals surface area contributed by atoms with Gasteiger partial charge in [-0.25, -0.2) is 9.07 Å². The van der Waals surface area contributed by atoms with Crippen LogP contribution in [0.5, 0.6) is 0 Å². The van der Waals surface area contributed by atoms with Crippen LogP contribution in [0.2, 0.25) is 0 Å². The molecule has 2 nitrogen and oxygen atoms in total. The Morgan fingerprint density at radius 3 is 2.92 bits per heavy atom. The number of aryl methyl sites for hydroxylation is 1. The Labute approximate surface area is 75.6 Å². The first-order valence-electron chi connectivity index (χ1n) is 3.95. The van der Waals surface area contributed by atoms with Gasteiger partial charge in [0.1, 0.15) is 5.82 Å². The summed E-state index contributed by atoms with van der Waals surface area (Å²) in [5.41, 5.74) is 1.59. The molecular weight excluding hydrogens is 167 g/mol. The molecule has 1 heterocycles. The van der Waals surface area contributed by atoms with Gasteiger partial charge in [-0.2, -0.15) is 5.10 Å². The Morgan fingerprint density at radius 2 is 2.31 bits per heavy atom. The van der Waals surface area contributed by atoms with Crippen LogP contribution >= 0.6 is 0 Å². The Hall–Kier alpha value is -1.64. The van der Waals surface area contributed by atoms with Gasteiger partial charge in [0.2, 0.25) is 0 Å². The van der Waals surface area contributed by atoms with Gasteiger partial charge < -0.3 is 0 Å². The fraction of sp³-hybridized carbons (Fsp3) is 0.100. The Morgan fingerprint density at radius 1 is 1.46 bits per heavy atom. The van der Waals surface area contributed by atoms with Crippen molar-refractivity contribution in [3.05, 3.63) is 48.0 Å². The summed E-state index contributed by atoms with van der Waals surface area (Å²) >= 11 is 0. The van der Waals surface area contributed by atoms with Crippen molar-refractivity contribution in [2.45, 2.75) is 6.92 Å². The molecule has 0 bridgehead atoms. The van der Waals surface area contributed by atoms with Crippen LogP contribution in [0.4, 0.5) is 4.39 Å². The standard InChI is InChI=1S/C10H8FN2/c1-8-5-6-12-13(8)10-4-2-3-9(11)7-10/h2-4,6-7H,1H3. The molecule has 0 fully saturated rings. The molecule has 2 aromatic rings. The van der Waals surface area contributed by atoms with Crippen molar-refractivity contribution in [2.75, 3.05) is 0 Å². The summed E-state index contributed by atoms with van der Waals surface area (Å²) in [5, 5.41) is 4.02. The van der Waals surface area contributed by atoms with Gasteiger partial charge in [0, 0.05) is 11.8 Å². The molecule has 2 rings (SSSR count). The zero-order valence-corrected chi connectivity index (χ0v) is 7.16. The molecule has 0 N–H and O–H groups in total. The van der Waals surface area contributed by atoms with Crippen LogP contribution in [0.25, 0.3) is 5.69 Å². The summed E-state index contributed by atoms with van der Waals surface area (Å²) in [6.45, 7) is 1.87. The number of benzene rings is 1. The van der Waals surface area contributed by atoms with Crippen molar-refractivity contribution in [3.63, 3.8) is 0 Å². The van der Waals surface area contributed by atoms with Crippen molar-refractivity contribution in [1.29, 1.82) is 0 Å². The van der Waals surface area contributed by atoms with E-state index in [1.807, 2.05) is 6.92 Å². The number of aromatic nitrogens is 2. The van der Waals surface area contributed by atoms with Gasteiger partial charge in [0.05, 0.1) is 11.9 Å². The Balaban J connectivity index is 2.53. The lowest BCUT2D eigenvalue weighted by Crippen LogP contribution is -1.98. The fourth-order valence-electron chi connectivity index (χ4n) is 1.20. The number of rotatable bonds is 1. The highest BCUT2D eigenvalue weighted by Gasteiger charge is 2.00. The monoisotopic (exact) mass is 175 g/mol. The normalized spacial score (nSPS) is 10.3. The van der Waals surface area contributed by atoms with Crippen LogP contribution in [-0.2, 0) is 0 Å². The third-order valence-electron chi connectivity index (χ3n) is 1.82. The predicted molar refractivity (Wildman–Crippen MR) is 47.1 cm³/mol. The first-order valence-corrected chi connectivity index (χ1v) is 3.95. The van der Waals surface area contributed by atoms with Gasteiger partial charge in [-0.15, -0.1) is 0 Å². The summed E-state index contributed by atoms with van der Waals surface area (Å²) in [4.78, 5) is 0. The van der Waals surface area contributed by atoms with Crippen molar-refractivity contribution in [2.24, 2.45) is 0 Å². The SMILES string of the molecule is Cc1[c]cnn1-c1cccc(F)c1. The van der Waals surface area contributed by atoms with Crippen LogP contribution in [0.3, 0.4) is 0 Å². The van der Waals surface area contributed by atoms with Crippen LogP contribution in [0, 0.1) is 18.8 Å². The van der Waals surface area contributed by atoms with E-state index >= 15 is 0 Å². The largest absolute Gasteiger partial charge is 0.237 e. The molecule has 0 spiro atoms.